The number of nitrogens with zero attached hydrogens (tertiary/aromatic N) is 3. The molecule has 1 unspecified atom stereocenters. The van der Waals surface area contributed by atoms with E-state index in [4.69, 9.17) is 5.73 Å². The molecule has 0 spiro atoms. The van der Waals surface area contributed by atoms with Gasteiger partial charge in [-0.25, -0.2) is 13.4 Å². The molecule has 0 radical (unpaired) electrons. The van der Waals surface area contributed by atoms with Crippen molar-refractivity contribution in [2.75, 3.05) is 12.0 Å². The van der Waals surface area contributed by atoms with Gasteiger partial charge < -0.3 is 10.7 Å². The van der Waals surface area contributed by atoms with Gasteiger partial charge in [0.05, 0.1) is 29.9 Å². The lowest BCUT2D eigenvalue weighted by Crippen LogP contribution is -2.16. The number of rotatable bonds is 6. The summed E-state index contributed by atoms with van der Waals surface area (Å²) in [6.45, 7) is 2.81. The van der Waals surface area contributed by atoms with Gasteiger partial charge in [0.15, 0.2) is 0 Å². The molecule has 8 heteroatoms. The first-order valence-corrected chi connectivity index (χ1v) is 8.46. The Morgan fingerprint density at radius 3 is 2.80 bits per heavy atom. The molecule has 7 nitrogen and oxygen atoms in total. The van der Waals surface area contributed by atoms with E-state index in [-0.39, 0.29) is 5.75 Å². The molecule has 0 aliphatic heterocycles. The number of imidazole rings is 1. The van der Waals surface area contributed by atoms with Crippen molar-refractivity contribution in [3.05, 3.63) is 24.4 Å². The van der Waals surface area contributed by atoms with Gasteiger partial charge in [-0.15, -0.1) is 0 Å². The number of aromatic nitrogens is 4. The van der Waals surface area contributed by atoms with Crippen molar-refractivity contribution in [2.24, 2.45) is 5.73 Å². The highest BCUT2D eigenvalue weighted by Crippen LogP contribution is 2.19. The lowest BCUT2D eigenvalue weighted by atomic mass is 10.2. The third-order valence-electron chi connectivity index (χ3n) is 3.01. The summed E-state index contributed by atoms with van der Waals surface area (Å²) in [6.07, 6.45) is 6.90. The van der Waals surface area contributed by atoms with Crippen LogP contribution >= 0.6 is 0 Å². The molecule has 1 atom stereocenters. The molecule has 2 rings (SSSR count). The fraction of sp³-hybridized carbons (Fsp3) is 0.500. The van der Waals surface area contributed by atoms with Crippen LogP contribution in [0.3, 0.4) is 0 Å². The number of nitrogens with one attached hydrogen (secondary N) is 1. The normalized spacial score (nSPS) is 13.6. The SMILES string of the molecule is CCn1cc(-c2cnc(C(N)CCS(C)(=O)=O)[nH]2)cn1. The van der Waals surface area contributed by atoms with Gasteiger partial charge >= 0.3 is 0 Å². The summed E-state index contributed by atoms with van der Waals surface area (Å²) in [5, 5.41) is 4.19. The molecular weight excluding hydrogens is 278 g/mol. The van der Waals surface area contributed by atoms with Crippen molar-refractivity contribution >= 4 is 9.84 Å². The highest BCUT2D eigenvalue weighted by molar-refractivity contribution is 7.90. The van der Waals surface area contributed by atoms with Crippen LogP contribution in [0.1, 0.15) is 25.2 Å². The maximum atomic E-state index is 11.1. The van der Waals surface area contributed by atoms with Gasteiger partial charge in [0.1, 0.15) is 15.7 Å². The second-order valence-electron chi connectivity index (χ2n) is 4.79. The summed E-state index contributed by atoms with van der Waals surface area (Å²) in [7, 11) is -3.01. The van der Waals surface area contributed by atoms with Crippen molar-refractivity contribution in [2.45, 2.75) is 25.9 Å². The minimum Gasteiger partial charge on any atom is -0.341 e. The Balaban J connectivity index is 2.08. The Bertz CT molecular complexity index is 674. The lowest BCUT2D eigenvalue weighted by molar-refractivity contribution is 0.588. The first-order valence-electron chi connectivity index (χ1n) is 6.40. The van der Waals surface area contributed by atoms with Crippen LogP contribution in [0.15, 0.2) is 18.6 Å². The number of hydrogen-bond donors (Lipinski definition) is 2. The van der Waals surface area contributed by atoms with E-state index in [1.54, 1.807) is 12.4 Å². The molecule has 110 valence electrons. The molecule has 2 heterocycles. The Kier molecular flexibility index (Phi) is 4.24. The average Bonchev–Trinajstić information content (AvgIpc) is 3.02. The summed E-state index contributed by atoms with van der Waals surface area (Å²) >= 11 is 0. The molecule has 0 aromatic carbocycles. The zero-order chi connectivity index (χ0) is 14.8. The Morgan fingerprint density at radius 2 is 2.20 bits per heavy atom. The van der Waals surface area contributed by atoms with Gasteiger partial charge in [-0.2, -0.15) is 5.10 Å². The summed E-state index contributed by atoms with van der Waals surface area (Å²) < 4.78 is 24.1. The third kappa shape index (κ3) is 3.67. The largest absolute Gasteiger partial charge is 0.341 e. The summed E-state index contributed by atoms with van der Waals surface area (Å²) in [4.78, 5) is 7.33. The average molecular weight is 297 g/mol. The smallest absolute Gasteiger partial charge is 0.147 e. The van der Waals surface area contributed by atoms with Crippen molar-refractivity contribution in [3.63, 3.8) is 0 Å². The fourth-order valence-electron chi connectivity index (χ4n) is 1.83. The highest BCUT2D eigenvalue weighted by Gasteiger charge is 2.14. The molecule has 2 aromatic rings. The number of aromatic amines is 1. The number of sulfone groups is 1. The molecule has 20 heavy (non-hydrogen) atoms. The fourth-order valence-corrected chi connectivity index (χ4v) is 2.51. The van der Waals surface area contributed by atoms with Gasteiger partial charge in [-0.05, 0) is 13.3 Å². The van der Waals surface area contributed by atoms with E-state index in [9.17, 15) is 8.42 Å². The van der Waals surface area contributed by atoms with E-state index in [0.717, 1.165) is 17.8 Å². The lowest BCUT2D eigenvalue weighted by Gasteiger charge is -2.07. The quantitative estimate of drug-likeness (QED) is 0.817. The van der Waals surface area contributed by atoms with Crippen molar-refractivity contribution < 1.29 is 8.42 Å². The third-order valence-corrected chi connectivity index (χ3v) is 3.99. The molecule has 0 amide bonds. The standard InChI is InChI=1S/C12H19N5O2S/c1-3-17-8-9(6-15-17)11-7-14-12(16-11)10(13)4-5-20(2,18)19/h6-8,10H,3-5,13H2,1-2H3,(H,14,16). The molecular formula is C12H19N5O2S. The number of hydrogen-bond acceptors (Lipinski definition) is 5. The summed E-state index contributed by atoms with van der Waals surface area (Å²) in [5.74, 6) is 0.644. The van der Waals surface area contributed by atoms with Crippen LogP contribution in [0, 0.1) is 0 Å². The molecule has 0 aliphatic rings. The summed E-state index contributed by atoms with van der Waals surface area (Å²) in [5.41, 5.74) is 7.71. The maximum absolute atomic E-state index is 11.1. The molecule has 2 aromatic heterocycles. The van der Waals surface area contributed by atoms with Crippen LogP contribution in [0.2, 0.25) is 0 Å². The van der Waals surface area contributed by atoms with E-state index in [2.05, 4.69) is 15.1 Å². The van der Waals surface area contributed by atoms with E-state index < -0.39 is 15.9 Å². The van der Waals surface area contributed by atoms with Crippen LogP contribution < -0.4 is 5.73 Å². The van der Waals surface area contributed by atoms with Gasteiger partial charge in [0.2, 0.25) is 0 Å². The maximum Gasteiger partial charge on any atom is 0.147 e. The van der Waals surface area contributed by atoms with Crippen molar-refractivity contribution in [1.82, 2.24) is 19.7 Å². The van der Waals surface area contributed by atoms with Crippen LogP contribution in [-0.4, -0.2) is 40.2 Å². The van der Waals surface area contributed by atoms with E-state index in [0.29, 0.717) is 12.2 Å². The first kappa shape index (κ1) is 14.7. The van der Waals surface area contributed by atoms with Crippen LogP contribution in [0.4, 0.5) is 0 Å². The molecule has 3 N–H and O–H groups in total. The topological polar surface area (TPSA) is 107 Å². The molecule has 0 saturated heterocycles. The second kappa shape index (κ2) is 5.76. The predicted molar refractivity (Wildman–Crippen MR) is 76.7 cm³/mol. The minimum absolute atomic E-state index is 0.0535. The van der Waals surface area contributed by atoms with Crippen LogP contribution in [0.5, 0.6) is 0 Å². The number of H-pyrrole nitrogens is 1. The molecule has 0 aliphatic carbocycles. The Labute approximate surface area is 118 Å². The predicted octanol–water partition coefficient (Wildman–Crippen LogP) is 0.728. The van der Waals surface area contributed by atoms with Crippen LogP contribution in [0.25, 0.3) is 11.3 Å². The van der Waals surface area contributed by atoms with Crippen molar-refractivity contribution in [3.8, 4) is 11.3 Å². The Hall–Kier alpha value is -1.67. The van der Waals surface area contributed by atoms with E-state index >= 15 is 0 Å². The van der Waals surface area contributed by atoms with E-state index in [1.807, 2.05) is 17.8 Å². The van der Waals surface area contributed by atoms with Gasteiger partial charge in [-0.3, -0.25) is 4.68 Å². The van der Waals surface area contributed by atoms with Crippen LogP contribution in [-0.2, 0) is 16.4 Å². The summed E-state index contributed by atoms with van der Waals surface area (Å²) in [6, 6.07) is -0.417. The number of nitrogens with two attached hydrogens (primary N) is 1. The van der Waals surface area contributed by atoms with Gasteiger partial charge in [0, 0.05) is 24.6 Å². The monoisotopic (exact) mass is 297 g/mol. The number of aryl methyl sites for hydroxylation is 1. The zero-order valence-electron chi connectivity index (χ0n) is 11.6. The Morgan fingerprint density at radius 1 is 1.45 bits per heavy atom. The second-order valence-corrected chi connectivity index (χ2v) is 7.05. The highest BCUT2D eigenvalue weighted by atomic mass is 32.2. The van der Waals surface area contributed by atoms with E-state index in [1.165, 1.54) is 6.26 Å². The molecule has 0 bridgehead atoms. The minimum atomic E-state index is -3.01. The molecule has 0 saturated carbocycles. The van der Waals surface area contributed by atoms with Crippen molar-refractivity contribution in [1.29, 1.82) is 0 Å². The first-order chi connectivity index (χ1) is 9.39. The van der Waals surface area contributed by atoms with Gasteiger partial charge in [-0.1, -0.05) is 0 Å². The molecule has 0 fully saturated rings. The van der Waals surface area contributed by atoms with Gasteiger partial charge in [0.25, 0.3) is 0 Å². The zero-order valence-corrected chi connectivity index (χ0v) is 12.4.